The molecular weight excluding hydrogens is 408 g/mol. The normalized spacial score (nSPS) is 11.6. The molecule has 156 valence electrons. The van der Waals surface area contributed by atoms with Gasteiger partial charge in [0.25, 0.3) is 0 Å². The van der Waals surface area contributed by atoms with Crippen molar-refractivity contribution in [2.45, 2.75) is 0 Å². The van der Waals surface area contributed by atoms with Crippen LogP contribution in [0.5, 0.6) is 0 Å². The van der Waals surface area contributed by atoms with E-state index in [1.54, 1.807) is 0 Å². The van der Waals surface area contributed by atoms with Crippen molar-refractivity contribution >= 4 is 32.7 Å². The predicted molar refractivity (Wildman–Crippen MR) is 130 cm³/mol. The van der Waals surface area contributed by atoms with Crippen molar-refractivity contribution in [1.82, 2.24) is 29.3 Å². The van der Waals surface area contributed by atoms with E-state index in [-0.39, 0.29) is 0 Å². The highest BCUT2D eigenvalue weighted by molar-refractivity contribution is 5.83. The highest BCUT2D eigenvalue weighted by atomic mass is 15.3. The molecule has 0 saturated carbocycles. The van der Waals surface area contributed by atoms with Gasteiger partial charge in [0.05, 0.1) is 52.2 Å². The van der Waals surface area contributed by atoms with Crippen molar-refractivity contribution < 1.29 is 0 Å². The minimum atomic E-state index is 0.947. The van der Waals surface area contributed by atoms with E-state index >= 15 is 0 Å². The van der Waals surface area contributed by atoms with Crippen LogP contribution in [-0.2, 0) is 0 Å². The monoisotopic (exact) mass is 426 g/mol. The first-order valence-corrected chi connectivity index (χ1v) is 10.8. The molecule has 0 saturated heterocycles. The van der Waals surface area contributed by atoms with Crippen LogP contribution in [-0.4, -0.2) is 29.3 Å². The molecule has 7 aromatic rings. The minimum Gasteiger partial charge on any atom is -0.233 e. The van der Waals surface area contributed by atoms with Crippen molar-refractivity contribution in [2.24, 2.45) is 0 Å². The molecule has 0 aliphatic rings. The van der Waals surface area contributed by atoms with E-state index in [2.05, 4.69) is 54.6 Å². The van der Waals surface area contributed by atoms with Crippen LogP contribution >= 0.6 is 0 Å². The molecule has 3 aromatic heterocycles. The second-order valence-electron chi connectivity index (χ2n) is 8.05. The molecule has 0 unspecified atom stereocenters. The smallest absolute Gasteiger partial charge is 0.0741 e. The van der Waals surface area contributed by atoms with Gasteiger partial charge in [0.15, 0.2) is 0 Å². The van der Waals surface area contributed by atoms with Crippen LogP contribution in [0.25, 0.3) is 49.8 Å². The van der Waals surface area contributed by atoms with Gasteiger partial charge in [-0.2, -0.15) is 15.3 Å². The third kappa shape index (κ3) is 2.78. The molecule has 0 atom stereocenters. The topological polar surface area (TPSA) is 53.5 Å². The zero-order valence-electron chi connectivity index (χ0n) is 17.6. The van der Waals surface area contributed by atoms with E-state index in [9.17, 15) is 0 Å². The van der Waals surface area contributed by atoms with Gasteiger partial charge in [-0.15, -0.1) is 0 Å². The maximum atomic E-state index is 4.69. The summed E-state index contributed by atoms with van der Waals surface area (Å²) in [5, 5.41) is 17.4. The molecule has 0 bridgehead atoms. The fraction of sp³-hybridized carbons (Fsp3) is 0. The Hall–Kier alpha value is -4.71. The number of benzene rings is 4. The summed E-state index contributed by atoms with van der Waals surface area (Å²) in [6.07, 6.45) is 5.69. The summed E-state index contributed by atoms with van der Waals surface area (Å²) in [5.74, 6) is 0. The fourth-order valence-corrected chi connectivity index (χ4v) is 4.48. The Morgan fingerprint density at radius 3 is 1.03 bits per heavy atom. The Balaban J connectivity index is 1.52. The van der Waals surface area contributed by atoms with E-state index in [4.69, 9.17) is 15.3 Å². The molecule has 0 aliphatic heterocycles. The second kappa shape index (κ2) is 6.90. The van der Waals surface area contributed by atoms with Crippen LogP contribution in [0.4, 0.5) is 0 Å². The Labute approximate surface area is 188 Å². The molecule has 0 amide bonds. The van der Waals surface area contributed by atoms with E-state index in [0.29, 0.717) is 0 Å². The quantitative estimate of drug-likeness (QED) is 0.364. The second-order valence-corrected chi connectivity index (χ2v) is 8.05. The average molecular weight is 426 g/mol. The number of fused-ring (bicyclic) bond motifs is 3. The first-order valence-electron chi connectivity index (χ1n) is 10.8. The molecule has 0 spiro atoms. The Morgan fingerprint density at radius 2 is 0.697 bits per heavy atom. The lowest BCUT2D eigenvalue weighted by molar-refractivity contribution is 0.863. The number of aromatic nitrogens is 6. The van der Waals surface area contributed by atoms with Gasteiger partial charge in [0.1, 0.15) is 0 Å². The van der Waals surface area contributed by atoms with Gasteiger partial charge in [-0.05, 0) is 36.4 Å². The maximum absolute atomic E-state index is 4.69. The highest BCUT2D eigenvalue weighted by Gasteiger charge is 2.13. The van der Waals surface area contributed by atoms with E-state index in [1.165, 1.54) is 0 Å². The molecule has 6 nitrogen and oxygen atoms in total. The Bertz CT molecular complexity index is 1560. The Morgan fingerprint density at radius 1 is 0.394 bits per heavy atom. The third-order valence-corrected chi connectivity index (χ3v) is 6.05. The van der Waals surface area contributed by atoms with Crippen molar-refractivity contribution in [1.29, 1.82) is 0 Å². The molecule has 0 N–H and O–H groups in total. The fourth-order valence-electron chi connectivity index (χ4n) is 4.48. The van der Waals surface area contributed by atoms with Gasteiger partial charge >= 0.3 is 0 Å². The van der Waals surface area contributed by atoms with Gasteiger partial charge in [0.2, 0.25) is 0 Å². The van der Waals surface area contributed by atoms with Crippen LogP contribution < -0.4 is 0 Å². The zero-order chi connectivity index (χ0) is 21.8. The average Bonchev–Trinajstić information content (AvgIpc) is 3.60. The first kappa shape index (κ1) is 17.9. The molecule has 4 aromatic carbocycles. The Kier molecular flexibility index (Phi) is 3.75. The van der Waals surface area contributed by atoms with Crippen molar-refractivity contribution in [3.63, 3.8) is 0 Å². The summed E-state index contributed by atoms with van der Waals surface area (Å²) in [7, 11) is 0. The summed E-state index contributed by atoms with van der Waals surface area (Å²) in [6.45, 7) is 0. The van der Waals surface area contributed by atoms with Gasteiger partial charge in [-0.25, -0.2) is 14.0 Å². The minimum absolute atomic E-state index is 0.947. The SMILES string of the molecule is c1ccc2c(c1)cnn2-c1cc(-n2ncc3ccccc32)cc(-n2ncc3ccccc32)c1. The number of para-hydroxylation sites is 3. The van der Waals surface area contributed by atoms with E-state index < -0.39 is 0 Å². The third-order valence-electron chi connectivity index (χ3n) is 6.05. The summed E-state index contributed by atoms with van der Waals surface area (Å²) < 4.78 is 5.92. The van der Waals surface area contributed by atoms with E-state index in [1.807, 2.05) is 69.0 Å². The summed E-state index contributed by atoms with van der Waals surface area (Å²) in [5.41, 5.74) is 6.00. The van der Waals surface area contributed by atoms with Gasteiger partial charge < -0.3 is 0 Å². The first-order chi connectivity index (χ1) is 16.3. The lowest BCUT2D eigenvalue weighted by Gasteiger charge is -2.13. The lowest BCUT2D eigenvalue weighted by atomic mass is 10.2. The van der Waals surface area contributed by atoms with Crippen molar-refractivity contribution in [2.75, 3.05) is 0 Å². The van der Waals surface area contributed by atoms with Crippen LogP contribution in [0.1, 0.15) is 0 Å². The van der Waals surface area contributed by atoms with Crippen LogP contribution in [0.2, 0.25) is 0 Å². The summed E-state index contributed by atoms with van der Waals surface area (Å²) in [4.78, 5) is 0. The largest absolute Gasteiger partial charge is 0.233 e. The molecule has 0 aliphatic carbocycles. The number of hydrogen-bond acceptors (Lipinski definition) is 3. The standard InChI is InChI=1S/C27H18N6/c1-4-10-25-19(7-1)16-28-31(25)22-13-23(32-26-11-5-2-8-20(26)17-29-32)15-24(14-22)33-27-12-6-3-9-21(27)18-30-33/h1-18H. The predicted octanol–water partition coefficient (Wildman–Crippen LogP) is 5.70. The summed E-state index contributed by atoms with van der Waals surface area (Å²) in [6, 6.07) is 31.0. The number of rotatable bonds is 3. The van der Waals surface area contributed by atoms with Crippen LogP contribution in [0.15, 0.2) is 110 Å². The molecule has 33 heavy (non-hydrogen) atoms. The molecule has 6 heteroatoms. The van der Waals surface area contributed by atoms with Crippen molar-refractivity contribution in [3.05, 3.63) is 110 Å². The summed E-state index contributed by atoms with van der Waals surface area (Å²) >= 11 is 0. The number of hydrogen-bond donors (Lipinski definition) is 0. The van der Waals surface area contributed by atoms with Crippen LogP contribution in [0.3, 0.4) is 0 Å². The van der Waals surface area contributed by atoms with E-state index in [0.717, 1.165) is 49.8 Å². The highest BCUT2D eigenvalue weighted by Crippen LogP contribution is 2.27. The molecule has 0 fully saturated rings. The van der Waals surface area contributed by atoms with Crippen molar-refractivity contribution in [3.8, 4) is 17.1 Å². The zero-order valence-corrected chi connectivity index (χ0v) is 17.6. The van der Waals surface area contributed by atoms with Gasteiger partial charge in [-0.1, -0.05) is 54.6 Å². The van der Waals surface area contributed by atoms with Crippen LogP contribution in [0, 0.1) is 0 Å². The number of nitrogens with zero attached hydrogens (tertiary/aromatic N) is 6. The van der Waals surface area contributed by atoms with Gasteiger partial charge in [-0.3, -0.25) is 0 Å². The molecular formula is C27H18N6. The van der Waals surface area contributed by atoms with Gasteiger partial charge in [0, 0.05) is 16.2 Å². The lowest BCUT2D eigenvalue weighted by Crippen LogP contribution is -2.05. The molecule has 0 radical (unpaired) electrons. The maximum Gasteiger partial charge on any atom is 0.0741 e. The molecule has 7 rings (SSSR count). The molecule has 3 heterocycles.